The molecule has 13 heavy (non-hydrogen) atoms. The molecule has 1 amide bonds. The maximum Gasteiger partial charge on any atom is 0.276 e. The second-order valence-corrected chi connectivity index (χ2v) is 3.58. The lowest BCUT2D eigenvalue weighted by molar-refractivity contribution is 0.0538. The van der Waals surface area contributed by atoms with E-state index in [9.17, 15) is 4.79 Å². The van der Waals surface area contributed by atoms with Crippen LogP contribution in [-0.2, 0) is 4.84 Å². The number of carbonyl (C=O) groups excluding carboxylic acids is 1. The molecule has 5 heteroatoms. The average Bonchev–Trinajstić information content (AvgIpc) is 2.04. The van der Waals surface area contributed by atoms with Gasteiger partial charge in [-0.05, 0) is 18.2 Å². The van der Waals surface area contributed by atoms with Gasteiger partial charge in [0.25, 0.3) is 5.91 Å². The molecule has 0 aliphatic heterocycles. The molecular weight excluding hydrogens is 257 g/mol. The van der Waals surface area contributed by atoms with Crippen molar-refractivity contribution in [3.63, 3.8) is 0 Å². The Hall–Kier alpha value is -0.580. The van der Waals surface area contributed by atoms with Crippen LogP contribution in [0.15, 0.2) is 22.7 Å². The molecule has 70 valence electrons. The number of rotatable bonds is 2. The molecule has 0 spiro atoms. The number of halogens is 2. The van der Waals surface area contributed by atoms with Crippen molar-refractivity contribution in [1.82, 2.24) is 5.48 Å². The van der Waals surface area contributed by atoms with Crippen LogP contribution in [0, 0.1) is 0 Å². The van der Waals surface area contributed by atoms with E-state index < -0.39 is 0 Å². The predicted octanol–water partition coefficient (Wildman–Crippen LogP) is 2.39. The van der Waals surface area contributed by atoms with E-state index in [2.05, 4.69) is 26.2 Å². The van der Waals surface area contributed by atoms with Crippen molar-refractivity contribution in [2.75, 3.05) is 7.11 Å². The Morgan fingerprint density at radius 2 is 2.31 bits per heavy atom. The molecule has 0 atom stereocenters. The number of benzene rings is 1. The van der Waals surface area contributed by atoms with Crippen molar-refractivity contribution < 1.29 is 9.63 Å². The van der Waals surface area contributed by atoms with Gasteiger partial charge >= 0.3 is 0 Å². The minimum absolute atomic E-state index is 0.361. The summed E-state index contributed by atoms with van der Waals surface area (Å²) in [4.78, 5) is 15.7. The van der Waals surface area contributed by atoms with Crippen molar-refractivity contribution in [2.45, 2.75) is 0 Å². The van der Waals surface area contributed by atoms with E-state index in [1.165, 1.54) is 7.11 Å². The van der Waals surface area contributed by atoms with Crippen molar-refractivity contribution in [3.05, 3.63) is 33.3 Å². The maximum atomic E-state index is 11.2. The number of nitrogens with one attached hydrogen (secondary N) is 1. The highest BCUT2D eigenvalue weighted by atomic mass is 79.9. The van der Waals surface area contributed by atoms with Crippen LogP contribution in [0.25, 0.3) is 0 Å². The molecule has 0 aromatic heterocycles. The molecule has 0 aliphatic carbocycles. The molecule has 0 fully saturated rings. The summed E-state index contributed by atoms with van der Waals surface area (Å²) in [5.74, 6) is -0.361. The van der Waals surface area contributed by atoms with E-state index in [1.54, 1.807) is 18.2 Å². The van der Waals surface area contributed by atoms with Gasteiger partial charge in [-0.1, -0.05) is 27.5 Å². The summed E-state index contributed by atoms with van der Waals surface area (Å²) in [5.41, 5.74) is 2.56. The van der Waals surface area contributed by atoms with Crippen LogP contribution < -0.4 is 5.48 Å². The maximum absolute atomic E-state index is 11.2. The number of carbonyl (C=O) groups is 1. The highest BCUT2D eigenvalue weighted by Crippen LogP contribution is 2.20. The van der Waals surface area contributed by atoms with Crippen LogP contribution in [0.4, 0.5) is 0 Å². The molecule has 0 aliphatic rings. The zero-order valence-electron chi connectivity index (χ0n) is 6.80. The Morgan fingerprint density at radius 1 is 1.62 bits per heavy atom. The molecule has 0 heterocycles. The van der Waals surface area contributed by atoms with E-state index in [4.69, 9.17) is 11.6 Å². The third kappa shape index (κ3) is 2.69. The Bertz CT molecular complexity index is 330. The van der Waals surface area contributed by atoms with E-state index in [-0.39, 0.29) is 5.91 Å². The van der Waals surface area contributed by atoms with Gasteiger partial charge in [0.2, 0.25) is 0 Å². The Balaban J connectivity index is 2.95. The van der Waals surface area contributed by atoms with Gasteiger partial charge in [0, 0.05) is 4.47 Å². The molecular formula is C8H7BrClNO2. The molecule has 0 radical (unpaired) electrons. The largest absolute Gasteiger partial charge is 0.277 e. The Labute approximate surface area is 89.1 Å². The lowest BCUT2D eigenvalue weighted by Gasteiger charge is -2.03. The molecule has 1 aromatic rings. The number of amides is 1. The Kier molecular flexibility index (Phi) is 3.71. The minimum atomic E-state index is -0.361. The molecule has 0 saturated carbocycles. The summed E-state index contributed by atoms with van der Waals surface area (Å²) in [6, 6.07) is 4.99. The SMILES string of the molecule is CONC(=O)c1ccc(Br)cc1Cl. The van der Waals surface area contributed by atoms with E-state index in [0.29, 0.717) is 10.6 Å². The van der Waals surface area contributed by atoms with Crippen LogP contribution in [0.3, 0.4) is 0 Å². The van der Waals surface area contributed by atoms with Crippen LogP contribution in [0.2, 0.25) is 5.02 Å². The summed E-state index contributed by atoms with van der Waals surface area (Å²) in [6.45, 7) is 0. The highest BCUT2D eigenvalue weighted by molar-refractivity contribution is 9.10. The molecule has 0 saturated heterocycles. The van der Waals surface area contributed by atoms with Crippen LogP contribution in [0.5, 0.6) is 0 Å². The fourth-order valence-electron chi connectivity index (χ4n) is 0.821. The summed E-state index contributed by atoms with van der Waals surface area (Å²) in [5, 5.41) is 0.379. The normalized spacial score (nSPS) is 9.77. The van der Waals surface area contributed by atoms with Crippen molar-refractivity contribution in [2.24, 2.45) is 0 Å². The van der Waals surface area contributed by atoms with Gasteiger partial charge in [-0.2, -0.15) is 0 Å². The first kappa shape index (κ1) is 10.5. The number of hydrogen-bond donors (Lipinski definition) is 1. The first-order chi connectivity index (χ1) is 6.15. The van der Waals surface area contributed by atoms with Crippen LogP contribution >= 0.6 is 27.5 Å². The topological polar surface area (TPSA) is 38.3 Å². The van der Waals surface area contributed by atoms with Gasteiger partial charge in [0.1, 0.15) is 0 Å². The van der Waals surface area contributed by atoms with Crippen molar-refractivity contribution in [3.8, 4) is 0 Å². The summed E-state index contributed by atoms with van der Waals surface area (Å²) in [7, 11) is 1.37. The second-order valence-electron chi connectivity index (χ2n) is 2.26. The number of hydrogen-bond acceptors (Lipinski definition) is 2. The molecule has 1 rings (SSSR count). The fraction of sp³-hybridized carbons (Fsp3) is 0.125. The molecule has 1 N–H and O–H groups in total. The van der Waals surface area contributed by atoms with Gasteiger partial charge < -0.3 is 0 Å². The van der Waals surface area contributed by atoms with Gasteiger partial charge in [-0.15, -0.1) is 0 Å². The van der Waals surface area contributed by atoms with Gasteiger partial charge in [0.05, 0.1) is 17.7 Å². The standard InChI is InChI=1S/C8H7BrClNO2/c1-13-11-8(12)6-3-2-5(9)4-7(6)10/h2-4H,1H3,(H,11,12). The summed E-state index contributed by atoms with van der Waals surface area (Å²) >= 11 is 9.05. The molecule has 3 nitrogen and oxygen atoms in total. The lowest BCUT2D eigenvalue weighted by Crippen LogP contribution is -2.21. The first-order valence-corrected chi connectivity index (χ1v) is 4.60. The molecule has 0 bridgehead atoms. The van der Waals surface area contributed by atoms with Crippen LogP contribution in [0.1, 0.15) is 10.4 Å². The van der Waals surface area contributed by atoms with Crippen LogP contribution in [-0.4, -0.2) is 13.0 Å². The van der Waals surface area contributed by atoms with Gasteiger partial charge in [-0.3, -0.25) is 9.63 Å². The molecule has 0 unspecified atom stereocenters. The first-order valence-electron chi connectivity index (χ1n) is 3.43. The van der Waals surface area contributed by atoms with E-state index in [1.807, 2.05) is 0 Å². The number of hydroxylamine groups is 1. The highest BCUT2D eigenvalue weighted by Gasteiger charge is 2.09. The van der Waals surface area contributed by atoms with Crippen molar-refractivity contribution >= 4 is 33.4 Å². The van der Waals surface area contributed by atoms with Crippen molar-refractivity contribution in [1.29, 1.82) is 0 Å². The quantitative estimate of drug-likeness (QED) is 0.833. The zero-order valence-corrected chi connectivity index (χ0v) is 9.15. The zero-order chi connectivity index (χ0) is 9.84. The smallest absolute Gasteiger partial charge is 0.276 e. The second kappa shape index (κ2) is 4.60. The predicted molar refractivity (Wildman–Crippen MR) is 53.6 cm³/mol. The minimum Gasteiger partial charge on any atom is -0.277 e. The summed E-state index contributed by atoms with van der Waals surface area (Å²) in [6.07, 6.45) is 0. The third-order valence-electron chi connectivity index (χ3n) is 1.37. The monoisotopic (exact) mass is 263 g/mol. The van der Waals surface area contributed by atoms with E-state index in [0.717, 1.165) is 4.47 Å². The van der Waals surface area contributed by atoms with Gasteiger partial charge in [0.15, 0.2) is 0 Å². The fourth-order valence-corrected chi connectivity index (χ4v) is 1.58. The summed E-state index contributed by atoms with van der Waals surface area (Å²) < 4.78 is 0.825. The third-order valence-corrected chi connectivity index (χ3v) is 2.18. The van der Waals surface area contributed by atoms with Gasteiger partial charge in [-0.25, -0.2) is 5.48 Å². The lowest BCUT2D eigenvalue weighted by atomic mass is 10.2. The average molecular weight is 265 g/mol. The van der Waals surface area contributed by atoms with E-state index >= 15 is 0 Å². The Morgan fingerprint density at radius 3 is 2.85 bits per heavy atom. The molecule has 1 aromatic carbocycles.